The van der Waals surface area contributed by atoms with Gasteiger partial charge in [0.05, 0.1) is 6.10 Å². The van der Waals surface area contributed by atoms with Crippen LogP contribution >= 0.6 is 0 Å². The van der Waals surface area contributed by atoms with Crippen molar-refractivity contribution >= 4 is 11.3 Å². The minimum atomic E-state index is -1.89. The van der Waals surface area contributed by atoms with E-state index in [9.17, 15) is 4.21 Å². The third-order valence-corrected chi connectivity index (χ3v) is 1.87. The molecular weight excluding hydrogens is 154 g/mol. The van der Waals surface area contributed by atoms with Crippen LogP contribution in [0.25, 0.3) is 0 Å². The van der Waals surface area contributed by atoms with Gasteiger partial charge in [0, 0.05) is 13.2 Å². The summed E-state index contributed by atoms with van der Waals surface area (Å²) < 4.78 is 26.0. The lowest BCUT2D eigenvalue weighted by Gasteiger charge is -2.06. The normalized spacial score (nSPS) is 28.7. The van der Waals surface area contributed by atoms with E-state index < -0.39 is 11.3 Å². The van der Waals surface area contributed by atoms with Crippen molar-refractivity contribution < 1.29 is 13.5 Å². The minimum absolute atomic E-state index is 0.135. The number of ether oxygens (including phenoxy) is 1. The lowest BCUT2D eigenvalue weighted by molar-refractivity contribution is 0.114. The third-order valence-electron chi connectivity index (χ3n) is 1.46. The van der Waals surface area contributed by atoms with Crippen molar-refractivity contribution in [1.82, 2.24) is 4.72 Å². The molecule has 1 unspecified atom stereocenters. The molecular formula is C5H11NO3S. The standard InChI is InChI=1S/C5H11NO3S/c7-10(8)6-4-5-2-1-3-9-5/h5-6H,1-4H2,(H,7,8)/t5-/m1/s1. The summed E-state index contributed by atoms with van der Waals surface area (Å²) in [5.41, 5.74) is 0. The smallest absolute Gasteiger partial charge is 0.231 e. The SMILES string of the molecule is O=S(O)NC[C@H]1CCCO1. The van der Waals surface area contributed by atoms with Gasteiger partial charge in [0.2, 0.25) is 11.3 Å². The van der Waals surface area contributed by atoms with E-state index in [0.717, 1.165) is 19.4 Å². The minimum Gasteiger partial charge on any atom is -0.377 e. The van der Waals surface area contributed by atoms with E-state index in [1.807, 2.05) is 0 Å². The second-order valence-electron chi connectivity index (χ2n) is 2.23. The van der Waals surface area contributed by atoms with Crippen LogP contribution in [0.15, 0.2) is 0 Å². The predicted molar refractivity (Wildman–Crippen MR) is 37.7 cm³/mol. The first kappa shape index (κ1) is 8.13. The van der Waals surface area contributed by atoms with E-state index in [4.69, 9.17) is 9.29 Å². The van der Waals surface area contributed by atoms with Gasteiger partial charge >= 0.3 is 0 Å². The number of nitrogens with one attached hydrogen (secondary N) is 1. The monoisotopic (exact) mass is 165 g/mol. The van der Waals surface area contributed by atoms with Gasteiger partial charge in [-0.1, -0.05) is 0 Å². The average Bonchev–Trinajstić information content (AvgIpc) is 2.34. The van der Waals surface area contributed by atoms with Crippen LogP contribution in [-0.2, 0) is 16.0 Å². The third kappa shape index (κ3) is 2.74. The Balaban J connectivity index is 2.07. The summed E-state index contributed by atoms with van der Waals surface area (Å²) in [6, 6.07) is 0. The maximum Gasteiger partial charge on any atom is 0.231 e. The van der Waals surface area contributed by atoms with E-state index in [0.29, 0.717) is 6.54 Å². The molecule has 0 aromatic carbocycles. The summed E-state index contributed by atoms with van der Waals surface area (Å²) in [4.78, 5) is 0. The highest BCUT2D eigenvalue weighted by Crippen LogP contribution is 2.10. The molecule has 0 aromatic rings. The van der Waals surface area contributed by atoms with Crippen LogP contribution < -0.4 is 4.72 Å². The largest absolute Gasteiger partial charge is 0.377 e. The molecule has 1 aliphatic rings. The van der Waals surface area contributed by atoms with Crippen molar-refractivity contribution in [3.8, 4) is 0 Å². The summed E-state index contributed by atoms with van der Waals surface area (Å²) in [5, 5.41) is 0. The lowest BCUT2D eigenvalue weighted by Crippen LogP contribution is -2.27. The Bertz CT molecular complexity index is 124. The number of rotatable bonds is 3. The van der Waals surface area contributed by atoms with Gasteiger partial charge in [-0.2, -0.15) is 0 Å². The van der Waals surface area contributed by atoms with Gasteiger partial charge in [-0.15, -0.1) is 0 Å². The van der Waals surface area contributed by atoms with Crippen LogP contribution in [0, 0.1) is 0 Å². The van der Waals surface area contributed by atoms with Gasteiger partial charge < -0.3 is 4.74 Å². The van der Waals surface area contributed by atoms with Crippen LogP contribution in [0.5, 0.6) is 0 Å². The predicted octanol–water partition coefficient (Wildman–Crippen LogP) is -0.108. The Morgan fingerprint density at radius 1 is 1.80 bits per heavy atom. The Morgan fingerprint density at radius 2 is 2.60 bits per heavy atom. The quantitative estimate of drug-likeness (QED) is 0.574. The highest BCUT2D eigenvalue weighted by molar-refractivity contribution is 7.77. The average molecular weight is 165 g/mol. The van der Waals surface area contributed by atoms with Crippen molar-refractivity contribution in [2.45, 2.75) is 18.9 Å². The lowest BCUT2D eigenvalue weighted by atomic mass is 10.2. The van der Waals surface area contributed by atoms with Crippen LogP contribution in [-0.4, -0.2) is 28.0 Å². The van der Waals surface area contributed by atoms with Gasteiger partial charge in [0.25, 0.3) is 0 Å². The highest BCUT2D eigenvalue weighted by atomic mass is 32.2. The van der Waals surface area contributed by atoms with Crippen molar-refractivity contribution in [2.75, 3.05) is 13.2 Å². The molecule has 0 bridgehead atoms. The second kappa shape index (κ2) is 4.02. The molecule has 1 rings (SSSR count). The van der Waals surface area contributed by atoms with Gasteiger partial charge in [-0.25, -0.2) is 8.93 Å². The molecule has 1 saturated heterocycles. The molecule has 5 heteroatoms. The summed E-state index contributed by atoms with van der Waals surface area (Å²) in [7, 11) is 0. The maximum absolute atomic E-state index is 10.1. The molecule has 0 aromatic heterocycles. The number of hydrogen-bond donors (Lipinski definition) is 2. The highest BCUT2D eigenvalue weighted by Gasteiger charge is 2.14. The van der Waals surface area contributed by atoms with Gasteiger partial charge in [-0.3, -0.25) is 4.55 Å². The first-order chi connectivity index (χ1) is 4.79. The van der Waals surface area contributed by atoms with E-state index >= 15 is 0 Å². The molecule has 60 valence electrons. The first-order valence-electron chi connectivity index (χ1n) is 3.25. The summed E-state index contributed by atoms with van der Waals surface area (Å²) >= 11 is -1.89. The molecule has 0 amide bonds. The van der Waals surface area contributed by atoms with Crippen molar-refractivity contribution in [1.29, 1.82) is 0 Å². The van der Waals surface area contributed by atoms with Crippen molar-refractivity contribution in [2.24, 2.45) is 0 Å². The zero-order valence-electron chi connectivity index (χ0n) is 5.58. The van der Waals surface area contributed by atoms with Crippen LogP contribution in [0.2, 0.25) is 0 Å². The van der Waals surface area contributed by atoms with Gasteiger partial charge in [-0.05, 0) is 12.8 Å². The second-order valence-corrected chi connectivity index (χ2v) is 3.02. The molecule has 0 aliphatic carbocycles. The van der Waals surface area contributed by atoms with Crippen LogP contribution in [0.3, 0.4) is 0 Å². The molecule has 2 N–H and O–H groups in total. The fourth-order valence-electron chi connectivity index (χ4n) is 0.970. The Hall–Kier alpha value is 0.0300. The number of hydrogen-bond acceptors (Lipinski definition) is 2. The van der Waals surface area contributed by atoms with Crippen molar-refractivity contribution in [3.05, 3.63) is 0 Å². The summed E-state index contributed by atoms with van der Waals surface area (Å²) in [6.45, 7) is 1.26. The van der Waals surface area contributed by atoms with Gasteiger partial charge in [0.1, 0.15) is 0 Å². The van der Waals surface area contributed by atoms with E-state index in [1.165, 1.54) is 0 Å². The zero-order chi connectivity index (χ0) is 7.40. The van der Waals surface area contributed by atoms with Crippen LogP contribution in [0.4, 0.5) is 0 Å². The fraction of sp³-hybridized carbons (Fsp3) is 1.00. The first-order valence-corrected chi connectivity index (χ1v) is 4.35. The molecule has 10 heavy (non-hydrogen) atoms. The molecule has 1 aliphatic heterocycles. The summed E-state index contributed by atoms with van der Waals surface area (Å²) in [5.74, 6) is 0. The molecule has 0 radical (unpaired) electrons. The fourth-order valence-corrected chi connectivity index (χ4v) is 1.30. The van der Waals surface area contributed by atoms with Crippen LogP contribution in [0.1, 0.15) is 12.8 Å². The topological polar surface area (TPSA) is 58.6 Å². The molecule has 1 heterocycles. The molecule has 2 atom stereocenters. The molecule has 0 spiro atoms. The maximum atomic E-state index is 10.1. The zero-order valence-corrected chi connectivity index (χ0v) is 6.39. The Labute approximate surface area is 62.4 Å². The molecule has 1 fully saturated rings. The van der Waals surface area contributed by atoms with E-state index in [-0.39, 0.29) is 6.10 Å². The van der Waals surface area contributed by atoms with E-state index in [2.05, 4.69) is 4.72 Å². The summed E-state index contributed by atoms with van der Waals surface area (Å²) in [6.07, 6.45) is 2.19. The Kier molecular flexibility index (Phi) is 3.27. The Morgan fingerprint density at radius 3 is 3.10 bits per heavy atom. The van der Waals surface area contributed by atoms with Crippen molar-refractivity contribution in [3.63, 3.8) is 0 Å². The van der Waals surface area contributed by atoms with Gasteiger partial charge in [0.15, 0.2) is 0 Å². The van der Waals surface area contributed by atoms with E-state index in [1.54, 1.807) is 0 Å². The molecule has 0 saturated carbocycles. The molecule has 4 nitrogen and oxygen atoms in total.